The second kappa shape index (κ2) is 6.70. The number of nitrogens with one attached hydrogen (secondary N) is 1. The van der Waals surface area contributed by atoms with Crippen molar-refractivity contribution >= 4 is 21.7 Å². The Morgan fingerprint density at radius 3 is 2.57 bits per heavy atom. The van der Waals surface area contributed by atoms with Crippen LogP contribution in [-0.2, 0) is 19.4 Å². The van der Waals surface area contributed by atoms with E-state index in [4.69, 9.17) is 4.74 Å². The highest BCUT2D eigenvalue weighted by atomic mass is 32.2. The van der Waals surface area contributed by atoms with Gasteiger partial charge < -0.3 is 10.1 Å². The SMILES string of the molecule is Cc1ccc(S(C)(=O)=O)cc1C(=O)OCC(=O)N[C@@H](C)C1CC1. The lowest BCUT2D eigenvalue weighted by molar-refractivity contribution is -0.125. The molecule has 0 unspecified atom stereocenters. The Labute approximate surface area is 136 Å². The second-order valence-electron chi connectivity index (χ2n) is 6.02. The molecule has 1 saturated carbocycles. The predicted octanol–water partition coefficient (Wildman–Crippen LogP) is 1.47. The summed E-state index contributed by atoms with van der Waals surface area (Å²) in [5.41, 5.74) is 0.741. The molecule has 0 bridgehead atoms. The molecular weight excluding hydrogens is 318 g/mol. The molecule has 0 saturated heterocycles. The number of esters is 1. The maximum absolute atomic E-state index is 12.1. The average molecular weight is 339 g/mol. The van der Waals surface area contributed by atoms with Crippen LogP contribution in [0, 0.1) is 12.8 Å². The fourth-order valence-electron chi connectivity index (χ4n) is 2.27. The van der Waals surface area contributed by atoms with Crippen LogP contribution in [0.1, 0.15) is 35.7 Å². The third-order valence-electron chi connectivity index (χ3n) is 3.91. The van der Waals surface area contributed by atoms with Crippen molar-refractivity contribution in [1.29, 1.82) is 0 Å². The van der Waals surface area contributed by atoms with Crippen molar-refractivity contribution in [2.45, 2.75) is 37.6 Å². The van der Waals surface area contributed by atoms with E-state index in [1.807, 2.05) is 6.92 Å². The number of rotatable bonds is 6. The molecule has 0 spiro atoms. The molecule has 6 nitrogen and oxygen atoms in total. The molecule has 7 heteroatoms. The minimum absolute atomic E-state index is 0.0434. The molecule has 1 atom stereocenters. The van der Waals surface area contributed by atoms with Gasteiger partial charge in [-0.2, -0.15) is 0 Å². The summed E-state index contributed by atoms with van der Waals surface area (Å²) >= 11 is 0. The molecule has 1 N–H and O–H groups in total. The largest absolute Gasteiger partial charge is 0.452 e. The number of hydrogen-bond acceptors (Lipinski definition) is 5. The lowest BCUT2D eigenvalue weighted by Gasteiger charge is -2.13. The van der Waals surface area contributed by atoms with Crippen LogP contribution in [0.3, 0.4) is 0 Å². The minimum atomic E-state index is -3.41. The van der Waals surface area contributed by atoms with Crippen molar-refractivity contribution in [2.24, 2.45) is 5.92 Å². The van der Waals surface area contributed by atoms with Crippen molar-refractivity contribution < 1.29 is 22.7 Å². The summed E-state index contributed by atoms with van der Waals surface area (Å²) < 4.78 is 28.1. The Bertz CT molecular complexity index is 722. The lowest BCUT2D eigenvalue weighted by atomic mass is 10.1. The maximum atomic E-state index is 12.1. The van der Waals surface area contributed by atoms with Gasteiger partial charge in [-0.05, 0) is 50.3 Å². The number of sulfone groups is 1. The van der Waals surface area contributed by atoms with E-state index in [1.165, 1.54) is 12.1 Å². The first-order chi connectivity index (χ1) is 10.7. The number of amides is 1. The van der Waals surface area contributed by atoms with Gasteiger partial charge in [0.1, 0.15) is 0 Å². The predicted molar refractivity (Wildman–Crippen MR) is 84.9 cm³/mol. The Balaban J connectivity index is 1.98. The van der Waals surface area contributed by atoms with Crippen LogP contribution in [0.4, 0.5) is 0 Å². The first-order valence-electron chi connectivity index (χ1n) is 7.45. The number of aryl methyl sites for hydroxylation is 1. The van der Waals surface area contributed by atoms with Gasteiger partial charge in [0.05, 0.1) is 10.5 Å². The molecule has 2 rings (SSSR count). The van der Waals surface area contributed by atoms with Gasteiger partial charge in [0.25, 0.3) is 5.91 Å². The zero-order valence-electron chi connectivity index (χ0n) is 13.5. The summed E-state index contributed by atoms with van der Waals surface area (Å²) in [6.07, 6.45) is 3.29. The average Bonchev–Trinajstić information content (AvgIpc) is 3.28. The van der Waals surface area contributed by atoms with Crippen molar-refractivity contribution in [2.75, 3.05) is 12.9 Å². The van der Waals surface area contributed by atoms with E-state index < -0.39 is 15.8 Å². The van der Waals surface area contributed by atoms with Crippen molar-refractivity contribution in [3.05, 3.63) is 29.3 Å². The minimum Gasteiger partial charge on any atom is -0.452 e. The van der Waals surface area contributed by atoms with Crippen LogP contribution in [0.5, 0.6) is 0 Å². The van der Waals surface area contributed by atoms with Gasteiger partial charge in [-0.25, -0.2) is 13.2 Å². The first-order valence-corrected chi connectivity index (χ1v) is 9.35. The summed E-state index contributed by atoms with van der Waals surface area (Å²) in [5, 5.41) is 2.79. The highest BCUT2D eigenvalue weighted by molar-refractivity contribution is 7.90. The van der Waals surface area contributed by atoms with Gasteiger partial charge in [-0.1, -0.05) is 6.07 Å². The van der Waals surface area contributed by atoms with Crippen LogP contribution in [0.15, 0.2) is 23.1 Å². The molecule has 1 aromatic rings. The monoisotopic (exact) mass is 339 g/mol. The van der Waals surface area contributed by atoms with Crippen LogP contribution in [0.2, 0.25) is 0 Å². The number of hydrogen-bond donors (Lipinski definition) is 1. The quantitative estimate of drug-likeness (QED) is 0.793. The smallest absolute Gasteiger partial charge is 0.338 e. The van der Waals surface area contributed by atoms with Gasteiger partial charge in [-0.3, -0.25) is 4.79 Å². The Morgan fingerprint density at radius 1 is 1.35 bits per heavy atom. The highest BCUT2D eigenvalue weighted by Crippen LogP contribution is 2.32. The lowest BCUT2D eigenvalue weighted by Crippen LogP contribution is -2.37. The van der Waals surface area contributed by atoms with E-state index in [0.717, 1.165) is 19.1 Å². The molecule has 1 aromatic carbocycles. The third kappa shape index (κ3) is 4.79. The topological polar surface area (TPSA) is 89.5 Å². The molecule has 23 heavy (non-hydrogen) atoms. The molecule has 1 amide bonds. The van der Waals surface area contributed by atoms with Crippen LogP contribution in [-0.4, -0.2) is 39.2 Å². The molecular formula is C16H21NO5S. The van der Waals surface area contributed by atoms with E-state index in [-0.39, 0.29) is 29.0 Å². The summed E-state index contributed by atoms with van der Waals surface area (Å²) in [4.78, 5) is 23.9. The zero-order valence-corrected chi connectivity index (χ0v) is 14.3. The van der Waals surface area contributed by atoms with Crippen molar-refractivity contribution in [1.82, 2.24) is 5.32 Å². The number of benzene rings is 1. The van der Waals surface area contributed by atoms with E-state index in [1.54, 1.807) is 13.0 Å². The van der Waals surface area contributed by atoms with E-state index in [0.29, 0.717) is 11.5 Å². The van der Waals surface area contributed by atoms with E-state index >= 15 is 0 Å². The Hall–Kier alpha value is -1.89. The third-order valence-corrected chi connectivity index (χ3v) is 5.02. The maximum Gasteiger partial charge on any atom is 0.338 e. The molecule has 1 fully saturated rings. The molecule has 0 aromatic heterocycles. The standard InChI is InChI=1S/C16H21NO5S/c1-10-4-7-13(23(3,20)21)8-14(10)16(19)22-9-15(18)17-11(2)12-5-6-12/h4,7-8,11-12H,5-6,9H2,1-3H3,(H,17,18)/t11-/m0/s1. The first kappa shape index (κ1) is 17.5. The number of carbonyl (C=O) groups is 2. The molecule has 126 valence electrons. The normalized spacial score (nSPS) is 15.8. The Kier molecular flexibility index (Phi) is 5.09. The fourth-order valence-corrected chi connectivity index (χ4v) is 2.92. The summed E-state index contributed by atoms with van der Waals surface area (Å²) in [7, 11) is -3.41. The van der Waals surface area contributed by atoms with Crippen molar-refractivity contribution in [3.63, 3.8) is 0 Å². The molecule has 0 heterocycles. The van der Waals surface area contributed by atoms with E-state index in [2.05, 4.69) is 5.32 Å². The van der Waals surface area contributed by atoms with Gasteiger partial charge in [0.2, 0.25) is 0 Å². The van der Waals surface area contributed by atoms with Gasteiger partial charge in [-0.15, -0.1) is 0 Å². The van der Waals surface area contributed by atoms with E-state index in [9.17, 15) is 18.0 Å². The summed E-state index contributed by atoms with van der Waals surface area (Å²) in [6, 6.07) is 4.34. The molecule has 0 radical (unpaired) electrons. The zero-order chi connectivity index (χ0) is 17.2. The second-order valence-corrected chi connectivity index (χ2v) is 8.03. The molecule has 1 aliphatic carbocycles. The van der Waals surface area contributed by atoms with Crippen LogP contribution in [0.25, 0.3) is 0 Å². The van der Waals surface area contributed by atoms with Crippen LogP contribution < -0.4 is 5.32 Å². The highest BCUT2D eigenvalue weighted by Gasteiger charge is 2.29. The number of ether oxygens (including phenoxy) is 1. The molecule has 0 aliphatic heterocycles. The number of carbonyl (C=O) groups excluding carboxylic acids is 2. The van der Waals surface area contributed by atoms with Crippen LogP contribution >= 0.6 is 0 Å². The van der Waals surface area contributed by atoms with Gasteiger partial charge >= 0.3 is 5.97 Å². The van der Waals surface area contributed by atoms with Gasteiger partial charge in [0.15, 0.2) is 16.4 Å². The summed E-state index contributed by atoms with van der Waals surface area (Å²) in [5.74, 6) is -0.541. The molecule has 1 aliphatic rings. The summed E-state index contributed by atoms with van der Waals surface area (Å²) in [6.45, 7) is 3.23. The fraction of sp³-hybridized carbons (Fsp3) is 0.500. The van der Waals surface area contributed by atoms with Gasteiger partial charge in [0, 0.05) is 12.3 Å². The van der Waals surface area contributed by atoms with Crippen molar-refractivity contribution in [3.8, 4) is 0 Å². The Morgan fingerprint density at radius 2 is 2.00 bits per heavy atom.